The zero-order valence-corrected chi connectivity index (χ0v) is 18.1. The van der Waals surface area contributed by atoms with Crippen molar-refractivity contribution in [2.24, 2.45) is 11.8 Å². The molecule has 1 saturated carbocycles. The molecular formula is C21H21F2NO5S2. The van der Waals surface area contributed by atoms with E-state index in [0.29, 0.717) is 0 Å². The maximum Gasteiger partial charge on any atom is 0.211 e. The van der Waals surface area contributed by atoms with Crippen molar-refractivity contribution in [3.63, 3.8) is 0 Å². The van der Waals surface area contributed by atoms with Gasteiger partial charge in [-0.25, -0.2) is 30.3 Å². The fourth-order valence-corrected chi connectivity index (χ4v) is 9.49. The Hall–Kier alpha value is -2.04. The molecule has 166 valence electrons. The molecule has 1 saturated heterocycles. The lowest BCUT2D eigenvalue weighted by Crippen LogP contribution is -2.62. The Kier molecular flexibility index (Phi) is 4.69. The molecule has 5 rings (SSSR count). The van der Waals surface area contributed by atoms with Crippen molar-refractivity contribution in [3.05, 3.63) is 59.7 Å². The number of nitrogens with one attached hydrogen (secondary N) is 1. The first kappa shape index (κ1) is 20.8. The Morgan fingerprint density at radius 1 is 1.03 bits per heavy atom. The van der Waals surface area contributed by atoms with Gasteiger partial charge in [0.2, 0.25) is 10.0 Å². The van der Waals surface area contributed by atoms with E-state index in [1.165, 1.54) is 12.1 Å². The van der Waals surface area contributed by atoms with Gasteiger partial charge in [0, 0.05) is 12.0 Å². The number of hydrogen-bond acceptors (Lipinski definition) is 5. The fraction of sp³-hybridized carbons (Fsp3) is 0.429. The molecular weight excluding hydrogens is 448 g/mol. The lowest BCUT2D eigenvalue weighted by Gasteiger charge is -2.54. The quantitative estimate of drug-likeness (QED) is 0.731. The molecule has 31 heavy (non-hydrogen) atoms. The van der Waals surface area contributed by atoms with E-state index in [0.717, 1.165) is 12.1 Å². The van der Waals surface area contributed by atoms with Gasteiger partial charge in [-0.3, -0.25) is 0 Å². The van der Waals surface area contributed by atoms with Gasteiger partial charge < -0.3 is 4.74 Å². The first-order valence-electron chi connectivity index (χ1n) is 10.1. The molecule has 6 nitrogen and oxygen atoms in total. The molecule has 10 heteroatoms. The summed E-state index contributed by atoms with van der Waals surface area (Å²) in [6.45, 7) is -0.137. The highest BCUT2D eigenvalue weighted by Gasteiger charge is 2.63. The SMILES string of the molecule is O=S1(=O)CC[C@@H]2[C@@H](CC[C@@]3(S(=O)(=O)c4ccccc4)c4c(F)ccc(F)c4OC[C@@H]23)N1. The van der Waals surface area contributed by atoms with Gasteiger partial charge in [0.25, 0.3) is 0 Å². The molecule has 2 heterocycles. The number of rotatable bonds is 2. The molecule has 1 aliphatic carbocycles. The summed E-state index contributed by atoms with van der Waals surface area (Å²) in [5.74, 6) is -3.29. The lowest BCUT2D eigenvalue weighted by molar-refractivity contribution is 0.0537. The number of ether oxygens (including phenoxy) is 1. The van der Waals surface area contributed by atoms with E-state index >= 15 is 4.39 Å². The molecule has 0 aromatic heterocycles. The second-order valence-electron chi connectivity index (χ2n) is 8.39. The Bertz CT molecular complexity index is 1250. The minimum atomic E-state index is -4.18. The van der Waals surface area contributed by atoms with Crippen LogP contribution in [0.25, 0.3) is 0 Å². The van der Waals surface area contributed by atoms with Crippen LogP contribution >= 0.6 is 0 Å². The first-order valence-corrected chi connectivity index (χ1v) is 13.2. The molecule has 2 aliphatic heterocycles. The van der Waals surface area contributed by atoms with E-state index in [9.17, 15) is 21.2 Å². The van der Waals surface area contributed by atoms with E-state index in [4.69, 9.17) is 4.74 Å². The normalized spacial score (nSPS) is 31.6. The molecule has 0 unspecified atom stereocenters. The van der Waals surface area contributed by atoms with Gasteiger partial charge in [-0.15, -0.1) is 0 Å². The number of sulfone groups is 1. The number of halogens is 2. The monoisotopic (exact) mass is 469 g/mol. The molecule has 2 aromatic carbocycles. The zero-order valence-electron chi connectivity index (χ0n) is 16.4. The van der Waals surface area contributed by atoms with Gasteiger partial charge in [-0.05, 0) is 49.4 Å². The summed E-state index contributed by atoms with van der Waals surface area (Å²) in [4.78, 5) is 0.0198. The number of sulfonamides is 1. The summed E-state index contributed by atoms with van der Waals surface area (Å²) >= 11 is 0. The third kappa shape index (κ3) is 2.95. The van der Waals surface area contributed by atoms with Crippen molar-refractivity contribution >= 4 is 19.9 Å². The number of fused-ring (bicyclic) bond motifs is 5. The summed E-state index contributed by atoms with van der Waals surface area (Å²) in [5.41, 5.74) is -0.278. The molecule has 2 aromatic rings. The van der Waals surface area contributed by atoms with Crippen molar-refractivity contribution < 1.29 is 30.4 Å². The van der Waals surface area contributed by atoms with Crippen molar-refractivity contribution in [2.45, 2.75) is 34.9 Å². The minimum absolute atomic E-state index is 0.0198. The van der Waals surface area contributed by atoms with Crippen LogP contribution in [0.3, 0.4) is 0 Å². The largest absolute Gasteiger partial charge is 0.490 e. The van der Waals surface area contributed by atoms with Gasteiger partial charge in [-0.1, -0.05) is 18.2 Å². The third-order valence-electron chi connectivity index (χ3n) is 6.93. The molecule has 4 atom stereocenters. The Morgan fingerprint density at radius 2 is 1.74 bits per heavy atom. The van der Waals surface area contributed by atoms with Crippen molar-refractivity contribution in [1.82, 2.24) is 4.72 Å². The predicted octanol–water partition coefficient (Wildman–Crippen LogP) is 2.74. The van der Waals surface area contributed by atoms with Crippen LogP contribution < -0.4 is 9.46 Å². The summed E-state index contributed by atoms with van der Waals surface area (Å²) < 4.78 is 88.7. The summed E-state index contributed by atoms with van der Waals surface area (Å²) in [7, 11) is -7.63. The maximum atomic E-state index is 15.2. The third-order valence-corrected chi connectivity index (χ3v) is 10.9. The van der Waals surface area contributed by atoms with E-state index in [2.05, 4.69) is 4.72 Å². The molecule has 1 N–H and O–H groups in total. The number of hydrogen-bond donors (Lipinski definition) is 1. The Balaban J connectivity index is 1.77. The second-order valence-corrected chi connectivity index (χ2v) is 12.5. The standard InChI is InChI=1S/C21H21F2NO5S2/c22-16-6-7-17(23)20-19(16)21(31(27,28)13-4-2-1-3-5-13)10-8-18-14(15(21)12-29-20)9-11-30(25,26)24-18/h1-7,14-15,18,24H,8-12H2/t14-,15-,18+,21-/m0/s1. The van der Waals surface area contributed by atoms with Gasteiger partial charge >= 0.3 is 0 Å². The average molecular weight is 470 g/mol. The van der Waals surface area contributed by atoms with Crippen LogP contribution in [0.15, 0.2) is 47.4 Å². The zero-order chi connectivity index (χ0) is 22.0. The van der Waals surface area contributed by atoms with E-state index < -0.39 is 48.2 Å². The smallest absolute Gasteiger partial charge is 0.211 e. The van der Waals surface area contributed by atoms with Crippen LogP contribution in [0, 0.1) is 23.5 Å². The van der Waals surface area contributed by atoms with Crippen LogP contribution in [0.2, 0.25) is 0 Å². The maximum absolute atomic E-state index is 15.2. The topological polar surface area (TPSA) is 89.5 Å². The highest BCUT2D eigenvalue weighted by molar-refractivity contribution is 7.92. The van der Waals surface area contributed by atoms with Crippen molar-refractivity contribution in [3.8, 4) is 5.75 Å². The van der Waals surface area contributed by atoms with Crippen molar-refractivity contribution in [2.75, 3.05) is 12.4 Å². The molecule has 3 aliphatic rings. The van der Waals surface area contributed by atoms with E-state index in [-0.39, 0.29) is 53.7 Å². The fourth-order valence-electron chi connectivity index (χ4n) is 5.61. The van der Waals surface area contributed by atoms with Crippen LogP contribution in [0.5, 0.6) is 5.75 Å². The van der Waals surface area contributed by atoms with Crippen LogP contribution in [0.4, 0.5) is 8.78 Å². The van der Waals surface area contributed by atoms with E-state index in [1.807, 2.05) is 0 Å². The highest BCUT2D eigenvalue weighted by atomic mass is 32.2. The summed E-state index contributed by atoms with van der Waals surface area (Å²) in [6, 6.07) is 9.13. The second kappa shape index (κ2) is 6.98. The minimum Gasteiger partial charge on any atom is -0.490 e. The molecule has 0 spiro atoms. The number of benzene rings is 2. The van der Waals surface area contributed by atoms with Crippen LogP contribution in [-0.2, 0) is 24.6 Å². The molecule has 0 radical (unpaired) electrons. The van der Waals surface area contributed by atoms with E-state index in [1.54, 1.807) is 18.2 Å². The Labute approximate surface area is 179 Å². The molecule has 0 amide bonds. The predicted molar refractivity (Wildman–Crippen MR) is 109 cm³/mol. The summed E-state index contributed by atoms with van der Waals surface area (Å²) in [5, 5.41) is 0. The van der Waals surface area contributed by atoms with Gasteiger partial charge in [-0.2, -0.15) is 0 Å². The highest BCUT2D eigenvalue weighted by Crippen LogP contribution is 2.59. The lowest BCUT2D eigenvalue weighted by atomic mass is 9.64. The first-order chi connectivity index (χ1) is 14.7. The van der Waals surface area contributed by atoms with Crippen LogP contribution in [-0.4, -0.2) is 35.2 Å². The molecule has 2 fully saturated rings. The summed E-state index contributed by atoms with van der Waals surface area (Å²) in [6.07, 6.45) is 0.378. The van der Waals surface area contributed by atoms with Crippen LogP contribution in [0.1, 0.15) is 24.8 Å². The van der Waals surface area contributed by atoms with Gasteiger partial charge in [0.1, 0.15) is 10.6 Å². The van der Waals surface area contributed by atoms with Gasteiger partial charge in [0.15, 0.2) is 21.4 Å². The Morgan fingerprint density at radius 3 is 2.48 bits per heavy atom. The van der Waals surface area contributed by atoms with Gasteiger partial charge in [0.05, 0.1) is 22.8 Å². The molecule has 0 bridgehead atoms. The average Bonchev–Trinajstić information content (AvgIpc) is 2.75. The van der Waals surface area contributed by atoms with Crippen molar-refractivity contribution in [1.29, 1.82) is 0 Å².